The fourth-order valence-corrected chi connectivity index (χ4v) is 1.87. The van der Waals surface area contributed by atoms with Crippen molar-refractivity contribution in [3.8, 4) is 0 Å². The predicted molar refractivity (Wildman–Crippen MR) is 68.7 cm³/mol. The molecule has 0 spiro atoms. The lowest BCUT2D eigenvalue weighted by Gasteiger charge is -2.03. The number of hydrogen-bond acceptors (Lipinski definition) is 5. The highest BCUT2D eigenvalue weighted by Crippen LogP contribution is 2.09. The molecule has 0 aliphatic heterocycles. The van der Waals surface area contributed by atoms with Crippen LogP contribution in [0.4, 0.5) is 5.95 Å². The summed E-state index contributed by atoms with van der Waals surface area (Å²) in [7, 11) is 0. The number of aromatic nitrogens is 4. The van der Waals surface area contributed by atoms with E-state index in [1.54, 1.807) is 10.9 Å². The Morgan fingerprint density at radius 3 is 2.95 bits per heavy atom. The second kappa shape index (κ2) is 5.51. The number of rotatable bonds is 6. The van der Waals surface area contributed by atoms with Crippen LogP contribution in [0.1, 0.15) is 25.7 Å². The first-order chi connectivity index (χ1) is 9.08. The minimum absolute atomic E-state index is 0.0603. The molecule has 0 bridgehead atoms. The molecule has 2 aromatic rings. The van der Waals surface area contributed by atoms with E-state index in [0.717, 1.165) is 12.8 Å². The number of carboxylic acids is 1. The lowest BCUT2D eigenvalue weighted by molar-refractivity contribution is -0.137. The Hall–Kier alpha value is -2.38. The topological polar surface area (TPSA) is 127 Å². The maximum absolute atomic E-state index is 11.5. The van der Waals surface area contributed by atoms with Crippen molar-refractivity contribution in [1.29, 1.82) is 0 Å². The highest BCUT2D eigenvalue weighted by atomic mass is 16.4. The second-order valence-corrected chi connectivity index (χ2v) is 4.27. The van der Waals surface area contributed by atoms with Gasteiger partial charge in [-0.2, -0.15) is 4.98 Å². The fraction of sp³-hybridized carbons (Fsp3) is 0.455. The monoisotopic (exact) mass is 265 g/mol. The summed E-state index contributed by atoms with van der Waals surface area (Å²) in [4.78, 5) is 32.3. The Kier molecular flexibility index (Phi) is 3.79. The number of anilines is 1. The molecule has 0 fully saturated rings. The van der Waals surface area contributed by atoms with Gasteiger partial charge < -0.3 is 15.4 Å². The molecule has 0 saturated heterocycles. The number of hydrogen-bond donors (Lipinski definition) is 3. The Morgan fingerprint density at radius 2 is 2.21 bits per heavy atom. The quantitative estimate of drug-likeness (QED) is 0.646. The largest absolute Gasteiger partial charge is 0.481 e. The zero-order valence-corrected chi connectivity index (χ0v) is 10.3. The van der Waals surface area contributed by atoms with Crippen molar-refractivity contribution >= 4 is 23.1 Å². The van der Waals surface area contributed by atoms with Crippen LogP contribution in [0.25, 0.3) is 11.2 Å². The van der Waals surface area contributed by atoms with Gasteiger partial charge >= 0.3 is 5.97 Å². The van der Waals surface area contributed by atoms with Gasteiger partial charge in [-0.15, -0.1) is 0 Å². The third kappa shape index (κ3) is 3.09. The molecule has 0 aliphatic rings. The van der Waals surface area contributed by atoms with Gasteiger partial charge in [0, 0.05) is 13.0 Å². The van der Waals surface area contributed by atoms with Gasteiger partial charge in [0.15, 0.2) is 11.2 Å². The number of aromatic amines is 1. The molecule has 2 rings (SSSR count). The van der Waals surface area contributed by atoms with E-state index < -0.39 is 5.97 Å². The fourth-order valence-electron chi connectivity index (χ4n) is 1.87. The molecule has 2 aromatic heterocycles. The maximum atomic E-state index is 11.5. The van der Waals surface area contributed by atoms with E-state index in [0.29, 0.717) is 18.6 Å². The normalized spacial score (nSPS) is 10.9. The summed E-state index contributed by atoms with van der Waals surface area (Å²) in [5.41, 5.74) is 5.86. The first-order valence-corrected chi connectivity index (χ1v) is 6.00. The molecule has 0 radical (unpaired) electrons. The minimum Gasteiger partial charge on any atom is -0.481 e. The van der Waals surface area contributed by atoms with Crippen LogP contribution in [-0.4, -0.2) is 30.6 Å². The van der Waals surface area contributed by atoms with Crippen LogP contribution in [-0.2, 0) is 11.3 Å². The summed E-state index contributed by atoms with van der Waals surface area (Å²) in [6.45, 7) is 0.631. The molecular weight excluding hydrogens is 250 g/mol. The zero-order valence-electron chi connectivity index (χ0n) is 10.3. The Balaban J connectivity index is 2.01. The van der Waals surface area contributed by atoms with Gasteiger partial charge in [-0.05, 0) is 12.8 Å². The Morgan fingerprint density at radius 1 is 1.42 bits per heavy atom. The highest BCUT2D eigenvalue weighted by Gasteiger charge is 2.08. The first-order valence-electron chi connectivity index (χ1n) is 6.00. The van der Waals surface area contributed by atoms with E-state index in [4.69, 9.17) is 10.8 Å². The van der Waals surface area contributed by atoms with Crippen molar-refractivity contribution in [3.05, 3.63) is 16.7 Å². The number of unbranched alkanes of at least 4 members (excludes halogenated alkanes) is 2. The Labute approximate surface area is 108 Å². The molecule has 0 atom stereocenters. The second-order valence-electron chi connectivity index (χ2n) is 4.27. The molecule has 2 heterocycles. The van der Waals surface area contributed by atoms with Gasteiger partial charge in [-0.25, -0.2) is 4.98 Å². The Bertz CT molecular complexity index is 645. The van der Waals surface area contributed by atoms with Gasteiger partial charge in [-0.1, -0.05) is 6.42 Å². The smallest absolute Gasteiger partial charge is 0.303 e. The molecular formula is C11H15N5O3. The van der Waals surface area contributed by atoms with Crippen molar-refractivity contribution in [2.45, 2.75) is 32.2 Å². The molecule has 102 valence electrons. The van der Waals surface area contributed by atoms with Gasteiger partial charge in [0.2, 0.25) is 5.95 Å². The number of nitrogens with one attached hydrogen (secondary N) is 1. The predicted octanol–water partition coefficient (Wildman–Crippen LogP) is 0.347. The summed E-state index contributed by atoms with van der Waals surface area (Å²) in [6.07, 6.45) is 3.95. The molecule has 4 N–H and O–H groups in total. The molecule has 8 heteroatoms. The number of aliphatic carboxylic acids is 1. The van der Waals surface area contributed by atoms with Crippen LogP contribution in [0.5, 0.6) is 0 Å². The van der Waals surface area contributed by atoms with Gasteiger partial charge in [0.1, 0.15) is 0 Å². The van der Waals surface area contributed by atoms with Crippen molar-refractivity contribution in [2.24, 2.45) is 0 Å². The lowest BCUT2D eigenvalue weighted by Crippen LogP contribution is -2.12. The van der Waals surface area contributed by atoms with E-state index in [1.165, 1.54) is 0 Å². The average molecular weight is 265 g/mol. The number of aryl methyl sites for hydroxylation is 1. The van der Waals surface area contributed by atoms with Crippen LogP contribution < -0.4 is 11.3 Å². The molecule has 0 amide bonds. The number of carboxylic acid groups (broad SMARTS) is 1. The van der Waals surface area contributed by atoms with Crippen LogP contribution in [0.2, 0.25) is 0 Å². The number of nitrogen functional groups attached to an aromatic ring is 1. The summed E-state index contributed by atoms with van der Waals surface area (Å²) in [5.74, 6) is -0.723. The van der Waals surface area contributed by atoms with Gasteiger partial charge in [-0.3, -0.25) is 14.6 Å². The number of nitrogens with zero attached hydrogens (tertiary/aromatic N) is 3. The number of imidazole rings is 1. The highest BCUT2D eigenvalue weighted by molar-refractivity contribution is 5.70. The van der Waals surface area contributed by atoms with E-state index in [-0.39, 0.29) is 23.4 Å². The van der Waals surface area contributed by atoms with E-state index in [1.807, 2.05) is 0 Å². The van der Waals surface area contributed by atoms with Gasteiger partial charge in [0.25, 0.3) is 5.56 Å². The molecule has 0 unspecified atom stereocenters. The van der Waals surface area contributed by atoms with Crippen molar-refractivity contribution < 1.29 is 9.90 Å². The maximum Gasteiger partial charge on any atom is 0.303 e. The van der Waals surface area contributed by atoms with Gasteiger partial charge in [0.05, 0.1) is 6.33 Å². The third-order valence-electron chi connectivity index (χ3n) is 2.78. The zero-order chi connectivity index (χ0) is 13.8. The summed E-state index contributed by atoms with van der Waals surface area (Å²) in [5, 5.41) is 8.52. The van der Waals surface area contributed by atoms with E-state index in [2.05, 4.69) is 15.0 Å². The van der Waals surface area contributed by atoms with Crippen molar-refractivity contribution in [3.63, 3.8) is 0 Å². The molecule has 8 nitrogen and oxygen atoms in total. The minimum atomic E-state index is -0.783. The number of H-pyrrole nitrogens is 1. The van der Waals surface area contributed by atoms with Crippen LogP contribution in [0.15, 0.2) is 11.1 Å². The van der Waals surface area contributed by atoms with Crippen molar-refractivity contribution in [2.75, 3.05) is 5.73 Å². The van der Waals surface area contributed by atoms with Crippen LogP contribution in [0.3, 0.4) is 0 Å². The molecule has 19 heavy (non-hydrogen) atoms. The van der Waals surface area contributed by atoms with E-state index >= 15 is 0 Å². The molecule has 0 aliphatic carbocycles. The number of carbonyl (C=O) groups is 1. The lowest BCUT2D eigenvalue weighted by atomic mass is 10.2. The number of nitrogens with two attached hydrogens (primary N) is 1. The third-order valence-corrected chi connectivity index (χ3v) is 2.78. The summed E-state index contributed by atoms with van der Waals surface area (Å²) in [6, 6.07) is 0. The molecule has 0 aromatic carbocycles. The number of fused-ring (bicyclic) bond motifs is 1. The summed E-state index contributed by atoms with van der Waals surface area (Å²) >= 11 is 0. The first kappa shape index (κ1) is 13.1. The van der Waals surface area contributed by atoms with Crippen LogP contribution in [0, 0.1) is 0 Å². The average Bonchev–Trinajstić information content (AvgIpc) is 2.72. The summed E-state index contributed by atoms with van der Waals surface area (Å²) < 4.78 is 1.75. The van der Waals surface area contributed by atoms with E-state index in [9.17, 15) is 9.59 Å². The van der Waals surface area contributed by atoms with Crippen molar-refractivity contribution in [1.82, 2.24) is 19.5 Å². The standard InChI is InChI=1S/C11H15N5O3/c12-11-14-9-8(10(19)15-11)13-6-16(9)5-3-1-2-4-7(17)18/h6H,1-5H2,(H,17,18)(H3,12,14,15,19). The molecule has 0 saturated carbocycles. The van der Waals surface area contributed by atoms with Crippen LogP contribution >= 0.6 is 0 Å². The SMILES string of the molecule is Nc1nc2c(ncn2CCCCCC(=O)O)c(=O)[nH]1.